The maximum atomic E-state index is 13.8. The van der Waals surface area contributed by atoms with E-state index in [0.29, 0.717) is 6.61 Å². The van der Waals surface area contributed by atoms with Crippen LogP contribution in [-0.4, -0.2) is 62.0 Å². The number of hydrogen-bond donors (Lipinski definition) is 0. The molecule has 0 saturated carbocycles. The zero-order valence-electron chi connectivity index (χ0n) is 19.8. The van der Waals surface area contributed by atoms with Crippen LogP contribution in [0.15, 0.2) is 59.5 Å². The molecule has 0 aliphatic carbocycles. The third-order valence-electron chi connectivity index (χ3n) is 6.03. The van der Waals surface area contributed by atoms with Crippen LogP contribution in [0.25, 0.3) is 0 Å². The predicted octanol–water partition coefficient (Wildman–Crippen LogP) is 3.04. The van der Waals surface area contributed by atoms with Gasteiger partial charge in [-0.15, -0.1) is 0 Å². The molecular formula is C25H31NO7S. The number of carbonyl (C=O) groups is 1. The van der Waals surface area contributed by atoms with Gasteiger partial charge in [0.2, 0.25) is 10.0 Å². The Bertz CT molecular complexity index is 1100. The molecule has 0 radical (unpaired) electrons. The van der Waals surface area contributed by atoms with E-state index in [4.69, 9.17) is 18.9 Å². The Morgan fingerprint density at radius 1 is 1.06 bits per heavy atom. The van der Waals surface area contributed by atoms with Crippen LogP contribution in [0.4, 0.5) is 0 Å². The van der Waals surface area contributed by atoms with Crippen molar-refractivity contribution in [3.05, 3.63) is 65.7 Å². The minimum absolute atomic E-state index is 0.0373. The zero-order chi connectivity index (χ0) is 24.5. The van der Waals surface area contributed by atoms with Gasteiger partial charge in [-0.1, -0.05) is 48.0 Å². The first kappa shape index (κ1) is 24.8. The van der Waals surface area contributed by atoms with E-state index in [0.717, 1.165) is 11.1 Å². The summed E-state index contributed by atoms with van der Waals surface area (Å²) in [5.41, 5.74) is 1.92. The fourth-order valence-electron chi connectivity index (χ4n) is 4.41. The average molecular weight is 490 g/mol. The molecule has 0 N–H and O–H groups in total. The molecule has 8 nitrogen and oxygen atoms in total. The van der Waals surface area contributed by atoms with E-state index in [-0.39, 0.29) is 18.0 Å². The topological polar surface area (TPSA) is 91.4 Å². The highest BCUT2D eigenvalue weighted by Gasteiger charge is 2.57. The van der Waals surface area contributed by atoms with Crippen LogP contribution in [0, 0.1) is 6.92 Å². The van der Waals surface area contributed by atoms with Gasteiger partial charge in [-0.25, -0.2) is 8.42 Å². The molecule has 2 fully saturated rings. The molecule has 2 aromatic carbocycles. The molecule has 2 aromatic rings. The largest absolute Gasteiger partial charge is 0.464 e. The molecule has 2 saturated heterocycles. The quantitative estimate of drug-likeness (QED) is 0.552. The van der Waals surface area contributed by atoms with E-state index >= 15 is 0 Å². The van der Waals surface area contributed by atoms with Gasteiger partial charge in [0.15, 0.2) is 5.79 Å². The maximum Gasteiger partial charge on any atom is 0.302 e. The van der Waals surface area contributed by atoms with Gasteiger partial charge in [-0.05, 0) is 38.5 Å². The van der Waals surface area contributed by atoms with E-state index in [1.807, 2.05) is 37.3 Å². The van der Waals surface area contributed by atoms with Crippen molar-refractivity contribution in [3.8, 4) is 0 Å². The van der Waals surface area contributed by atoms with E-state index in [1.165, 1.54) is 11.2 Å². The van der Waals surface area contributed by atoms with Gasteiger partial charge >= 0.3 is 5.97 Å². The fraction of sp³-hybridized carbons (Fsp3) is 0.480. The van der Waals surface area contributed by atoms with Crippen LogP contribution in [0.5, 0.6) is 0 Å². The summed E-state index contributed by atoms with van der Waals surface area (Å²) in [7, 11) is -3.94. The Morgan fingerprint density at radius 2 is 1.71 bits per heavy atom. The van der Waals surface area contributed by atoms with E-state index in [9.17, 15) is 13.2 Å². The second-order valence-electron chi connectivity index (χ2n) is 9.16. The van der Waals surface area contributed by atoms with E-state index in [1.54, 1.807) is 38.1 Å². The number of hydrogen-bond acceptors (Lipinski definition) is 7. The number of piperidine rings is 1. The monoisotopic (exact) mass is 489 g/mol. The molecule has 0 spiro atoms. The van der Waals surface area contributed by atoms with Crippen LogP contribution in [0.1, 0.15) is 31.9 Å². The molecule has 4 atom stereocenters. The Morgan fingerprint density at radius 3 is 2.35 bits per heavy atom. The van der Waals surface area contributed by atoms with Gasteiger partial charge in [0, 0.05) is 13.5 Å². The van der Waals surface area contributed by atoms with Crippen molar-refractivity contribution in [2.45, 2.75) is 69.3 Å². The second kappa shape index (κ2) is 9.75. The molecule has 34 heavy (non-hydrogen) atoms. The summed E-state index contributed by atoms with van der Waals surface area (Å²) in [5.74, 6) is -1.44. The Balaban J connectivity index is 1.68. The van der Waals surface area contributed by atoms with Crippen molar-refractivity contribution in [2.24, 2.45) is 0 Å². The number of carbonyl (C=O) groups excluding carboxylic acids is 1. The summed E-state index contributed by atoms with van der Waals surface area (Å²) in [4.78, 5) is 11.8. The van der Waals surface area contributed by atoms with Gasteiger partial charge in [-0.2, -0.15) is 4.31 Å². The minimum atomic E-state index is -3.94. The molecule has 0 unspecified atom stereocenters. The van der Waals surface area contributed by atoms with Gasteiger partial charge in [-0.3, -0.25) is 4.79 Å². The van der Waals surface area contributed by atoms with E-state index in [2.05, 4.69) is 0 Å². The standard InChI is InChI=1S/C25H31NO7S/c1-17-10-12-20(13-11-17)34(28,29)26-14-22(31-15-19-8-6-5-7-9-19)24-23(32-25(3,4)33-24)21(26)16-30-18(2)27/h5-13,21-24H,14-16H2,1-4H3/t21-,22+,23-,24+/m0/s1. The highest BCUT2D eigenvalue weighted by molar-refractivity contribution is 7.89. The number of fused-ring (bicyclic) bond motifs is 1. The zero-order valence-corrected chi connectivity index (χ0v) is 20.7. The summed E-state index contributed by atoms with van der Waals surface area (Å²) in [6.45, 7) is 6.93. The van der Waals surface area contributed by atoms with Gasteiger partial charge in [0.05, 0.1) is 17.5 Å². The van der Waals surface area contributed by atoms with Crippen molar-refractivity contribution < 1.29 is 32.2 Å². The van der Waals surface area contributed by atoms with Crippen molar-refractivity contribution in [3.63, 3.8) is 0 Å². The Kier molecular flexibility index (Phi) is 7.12. The number of benzene rings is 2. The minimum Gasteiger partial charge on any atom is -0.464 e. The fourth-order valence-corrected chi connectivity index (χ4v) is 6.04. The predicted molar refractivity (Wildman–Crippen MR) is 124 cm³/mol. The second-order valence-corrected chi connectivity index (χ2v) is 11.0. The summed E-state index contributed by atoms with van der Waals surface area (Å²) >= 11 is 0. The first-order chi connectivity index (χ1) is 16.1. The van der Waals surface area contributed by atoms with Crippen LogP contribution in [-0.2, 0) is 40.4 Å². The lowest BCUT2D eigenvalue weighted by molar-refractivity contribution is -0.158. The van der Waals surface area contributed by atoms with Crippen LogP contribution in [0.2, 0.25) is 0 Å². The molecule has 0 amide bonds. The smallest absolute Gasteiger partial charge is 0.302 e. The van der Waals surface area contributed by atoms with Gasteiger partial charge in [0.1, 0.15) is 24.9 Å². The maximum absolute atomic E-state index is 13.8. The molecule has 4 rings (SSSR count). The molecule has 2 aliphatic rings. The average Bonchev–Trinajstić information content (AvgIpc) is 3.12. The molecule has 184 valence electrons. The molecule has 2 heterocycles. The Hall–Kier alpha value is -2.30. The lowest BCUT2D eigenvalue weighted by Gasteiger charge is -2.43. The van der Waals surface area contributed by atoms with E-state index < -0.39 is 46.1 Å². The Labute approximate surface area is 200 Å². The van der Waals surface area contributed by atoms with Crippen molar-refractivity contribution >= 4 is 16.0 Å². The molecule has 0 bridgehead atoms. The normalized spacial score (nSPS) is 26.7. The summed E-state index contributed by atoms with van der Waals surface area (Å²) in [5, 5.41) is 0. The third-order valence-corrected chi connectivity index (χ3v) is 7.94. The van der Waals surface area contributed by atoms with Crippen LogP contribution >= 0.6 is 0 Å². The number of nitrogens with zero attached hydrogens (tertiary/aromatic N) is 1. The molecule has 0 aromatic heterocycles. The number of rotatable bonds is 7. The van der Waals surface area contributed by atoms with Crippen molar-refractivity contribution in [1.82, 2.24) is 4.31 Å². The lowest BCUT2D eigenvalue weighted by atomic mass is 9.96. The van der Waals surface area contributed by atoms with Crippen LogP contribution in [0.3, 0.4) is 0 Å². The number of sulfonamides is 1. The molecular weight excluding hydrogens is 458 g/mol. The lowest BCUT2D eigenvalue weighted by Crippen LogP contribution is -2.63. The molecule has 2 aliphatic heterocycles. The van der Waals surface area contributed by atoms with Gasteiger partial charge < -0.3 is 18.9 Å². The highest BCUT2D eigenvalue weighted by Crippen LogP contribution is 2.39. The first-order valence-corrected chi connectivity index (χ1v) is 12.7. The summed E-state index contributed by atoms with van der Waals surface area (Å²) < 4.78 is 52.7. The number of ether oxygens (including phenoxy) is 4. The third kappa shape index (κ3) is 5.34. The number of aryl methyl sites for hydroxylation is 1. The van der Waals surface area contributed by atoms with Crippen LogP contribution < -0.4 is 0 Å². The summed E-state index contributed by atoms with van der Waals surface area (Å²) in [6.07, 6.45) is -1.78. The van der Waals surface area contributed by atoms with Crippen molar-refractivity contribution in [1.29, 1.82) is 0 Å². The van der Waals surface area contributed by atoms with Gasteiger partial charge in [0.25, 0.3) is 0 Å². The summed E-state index contributed by atoms with van der Waals surface area (Å²) in [6, 6.07) is 15.6. The first-order valence-electron chi connectivity index (χ1n) is 11.3. The van der Waals surface area contributed by atoms with Crippen molar-refractivity contribution in [2.75, 3.05) is 13.2 Å². The SMILES string of the molecule is CC(=O)OC[C@H]1[C@@H]2OC(C)(C)O[C@@H]2[C@H](OCc2ccccc2)CN1S(=O)(=O)c1ccc(C)cc1. The number of esters is 1. The molecule has 9 heteroatoms. The highest BCUT2D eigenvalue weighted by atomic mass is 32.2.